The van der Waals surface area contributed by atoms with Crippen LogP contribution in [-0.2, 0) is 4.79 Å². The van der Waals surface area contributed by atoms with E-state index in [1.165, 1.54) is 6.08 Å². The van der Waals surface area contributed by atoms with Crippen LogP contribution in [0, 0.1) is 6.92 Å². The van der Waals surface area contributed by atoms with E-state index in [0.29, 0.717) is 18.7 Å². The first-order chi connectivity index (χ1) is 12.0. The number of piperidine rings is 1. The predicted octanol–water partition coefficient (Wildman–Crippen LogP) is 2.79. The van der Waals surface area contributed by atoms with Gasteiger partial charge in [-0.05, 0) is 62.9 Å². The first-order valence-corrected chi connectivity index (χ1v) is 9.03. The molecule has 0 N–H and O–H groups in total. The van der Waals surface area contributed by atoms with Crippen LogP contribution in [0.3, 0.4) is 0 Å². The number of carbonyl (C=O) groups excluding carboxylic acids is 2. The molecule has 2 fully saturated rings. The molecule has 0 bridgehead atoms. The highest BCUT2D eigenvalue weighted by molar-refractivity contribution is 5.95. The van der Waals surface area contributed by atoms with E-state index in [9.17, 15) is 9.59 Å². The Balaban J connectivity index is 1.83. The average molecular weight is 342 g/mol. The number of amides is 2. The molecule has 0 radical (unpaired) electrons. The zero-order valence-electron chi connectivity index (χ0n) is 15.0. The zero-order valence-corrected chi connectivity index (χ0v) is 15.0. The normalized spacial score (nSPS) is 22.5. The van der Waals surface area contributed by atoms with Gasteiger partial charge in [-0.15, -0.1) is 0 Å². The standard InChI is InChI=1S/C20H26N2O3/c1-4-19(23)21-10-8-18-17(21)7-6-9-22(18)20(24)15-11-14(3)12-16(13-15)25-5-2/h4,11-13,17-18H,1,5-10H2,2-3H3. The van der Waals surface area contributed by atoms with Gasteiger partial charge in [-0.25, -0.2) is 0 Å². The molecule has 1 aromatic rings. The van der Waals surface area contributed by atoms with Crippen LogP contribution in [0.15, 0.2) is 30.9 Å². The Morgan fingerprint density at radius 3 is 2.68 bits per heavy atom. The molecule has 25 heavy (non-hydrogen) atoms. The van der Waals surface area contributed by atoms with Crippen molar-refractivity contribution in [2.45, 2.75) is 45.2 Å². The Hall–Kier alpha value is -2.30. The summed E-state index contributed by atoms with van der Waals surface area (Å²) < 4.78 is 5.58. The van der Waals surface area contributed by atoms with E-state index in [1.807, 2.05) is 41.8 Å². The molecule has 2 aliphatic rings. The van der Waals surface area contributed by atoms with Gasteiger partial charge < -0.3 is 14.5 Å². The number of ether oxygens (including phenoxy) is 1. The molecule has 0 aromatic heterocycles. The molecule has 5 nitrogen and oxygen atoms in total. The highest BCUT2D eigenvalue weighted by Gasteiger charge is 2.43. The Morgan fingerprint density at radius 1 is 1.20 bits per heavy atom. The van der Waals surface area contributed by atoms with Gasteiger partial charge in [0.15, 0.2) is 0 Å². The number of benzene rings is 1. The van der Waals surface area contributed by atoms with Crippen LogP contribution in [0.1, 0.15) is 42.1 Å². The van der Waals surface area contributed by atoms with Crippen molar-refractivity contribution >= 4 is 11.8 Å². The van der Waals surface area contributed by atoms with Crippen molar-refractivity contribution in [3.05, 3.63) is 42.0 Å². The summed E-state index contributed by atoms with van der Waals surface area (Å²) >= 11 is 0. The van der Waals surface area contributed by atoms with E-state index in [2.05, 4.69) is 6.58 Å². The molecule has 2 atom stereocenters. The Kier molecular flexibility index (Phi) is 5.11. The third kappa shape index (κ3) is 3.41. The number of rotatable bonds is 4. The molecule has 3 rings (SSSR count). The van der Waals surface area contributed by atoms with Crippen molar-refractivity contribution in [2.24, 2.45) is 0 Å². The third-order valence-corrected chi connectivity index (χ3v) is 5.14. The van der Waals surface area contributed by atoms with Crippen LogP contribution < -0.4 is 4.74 Å². The highest BCUT2D eigenvalue weighted by Crippen LogP contribution is 2.32. The molecule has 2 unspecified atom stereocenters. The minimum Gasteiger partial charge on any atom is -0.494 e. The molecule has 0 saturated carbocycles. The van der Waals surface area contributed by atoms with Gasteiger partial charge in [0, 0.05) is 18.7 Å². The summed E-state index contributed by atoms with van der Waals surface area (Å²) in [5.74, 6) is 0.734. The van der Waals surface area contributed by atoms with Crippen LogP contribution >= 0.6 is 0 Å². The van der Waals surface area contributed by atoms with E-state index in [1.54, 1.807) is 0 Å². The van der Waals surface area contributed by atoms with Crippen molar-refractivity contribution in [3.63, 3.8) is 0 Å². The van der Waals surface area contributed by atoms with Crippen molar-refractivity contribution in [1.82, 2.24) is 9.80 Å². The molecule has 0 spiro atoms. The average Bonchev–Trinajstić information content (AvgIpc) is 3.04. The van der Waals surface area contributed by atoms with Crippen molar-refractivity contribution < 1.29 is 14.3 Å². The Bertz CT molecular complexity index is 686. The van der Waals surface area contributed by atoms with Gasteiger partial charge in [-0.1, -0.05) is 6.58 Å². The summed E-state index contributed by atoms with van der Waals surface area (Å²) in [6.07, 6.45) is 4.07. The lowest BCUT2D eigenvalue weighted by atomic mass is 9.95. The van der Waals surface area contributed by atoms with Gasteiger partial charge >= 0.3 is 0 Å². The molecule has 134 valence electrons. The molecular formula is C20H26N2O3. The SMILES string of the molecule is C=CC(=O)N1CCC2C1CCCN2C(=O)c1cc(C)cc(OCC)c1. The first-order valence-electron chi connectivity index (χ1n) is 9.03. The lowest BCUT2D eigenvalue weighted by molar-refractivity contribution is -0.127. The number of carbonyl (C=O) groups is 2. The van der Waals surface area contributed by atoms with E-state index in [0.717, 1.165) is 37.1 Å². The highest BCUT2D eigenvalue weighted by atomic mass is 16.5. The van der Waals surface area contributed by atoms with Gasteiger partial charge in [-0.2, -0.15) is 0 Å². The van der Waals surface area contributed by atoms with Crippen molar-refractivity contribution in [3.8, 4) is 5.75 Å². The second-order valence-corrected chi connectivity index (χ2v) is 6.77. The molecule has 2 amide bonds. The predicted molar refractivity (Wildman–Crippen MR) is 96.7 cm³/mol. The van der Waals surface area contributed by atoms with Gasteiger partial charge in [0.2, 0.25) is 5.91 Å². The molecular weight excluding hydrogens is 316 g/mol. The largest absolute Gasteiger partial charge is 0.494 e. The summed E-state index contributed by atoms with van der Waals surface area (Å²) in [4.78, 5) is 29.0. The maximum absolute atomic E-state index is 13.1. The topological polar surface area (TPSA) is 49.9 Å². The fourth-order valence-electron chi connectivity index (χ4n) is 4.12. The Morgan fingerprint density at radius 2 is 1.96 bits per heavy atom. The summed E-state index contributed by atoms with van der Waals surface area (Å²) in [7, 11) is 0. The number of nitrogens with zero attached hydrogens (tertiary/aromatic N) is 2. The minimum atomic E-state index is -0.0315. The molecule has 0 aliphatic carbocycles. The maximum atomic E-state index is 13.1. The lowest BCUT2D eigenvalue weighted by Gasteiger charge is -2.39. The summed E-state index contributed by atoms with van der Waals surface area (Å²) in [6, 6.07) is 5.89. The van der Waals surface area contributed by atoms with E-state index in [4.69, 9.17) is 4.74 Å². The maximum Gasteiger partial charge on any atom is 0.254 e. The number of hydrogen-bond donors (Lipinski definition) is 0. The smallest absolute Gasteiger partial charge is 0.254 e. The number of likely N-dealkylation sites (tertiary alicyclic amines) is 2. The monoisotopic (exact) mass is 342 g/mol. The Labute approximate surface area is 149 Å². The fraction of sp³-hybridized carbons (Fsp3) is 0.500. The number of aryl methyl sites for hydroxylation is 1. The number of fused-ring (bicyclic) bond motifs is 1. The van der Waals surface area contributed by atoms with Gasteiger partial charge in [0.25, 0.3) is 5.91 Å². The van der Waals surface area contributed by atoms with E-state index < -0.39 is 0 Å². The molecule has 2 heterocycles. The minimum absolute atomic E-state index is 0.0315. The molecule has 2 saturated heterocycles. The van der Waals surface area contributed by atoms with Gasteiger partial charge in [-0.3, -0.25) is 9.59 Å². The zero-order chi connectivity index (χ0) is 18.0. The van der Waals surface area contributed by atoms with Crippen LogP contribution in [0.4, 0.5) is 0 Å². The second-order valence-electron chi connectivity index (χ2n) is 6.77. The first kappa shape index (κ1) is 17.5. The van der Waals surface area contributed by atoms with Crippen molar-refractivity contribution in [1.29, 1.82) is 0 Å². The fourth-order valence-corrected chi connectivity index (χ4v) is 4.12. The quantitative estimate of drug-likeness (QED) is 0.791. The van der Waals surface area contributed by atoms with Crippen LogP contribution in [0.2, 0.25) is 0 Å². The van der Waals surface area contributed by atoms with Crippen molar-refractivity contribution in [2.75, 3.05) is 19.7 Å². The summed E-state index contributed by atoms with van der Waals surface area (Å²) in [5.41, 5.74) is 1.68. The lowest BCUT2D eigenvalue weighted by Crippen LogP contribution is -2.52. The third-order valence-electron chi connectivity index (χ3n) is 5.14. The van der Waals surface area contributed by atoms with Crippen LogP contribution in [0.25, 0.3) is 0 Å². The van der Waals surface area contributed by atoms with Gasteiger partial charge in [0.1, 0.15) is 5.75 Å². The van der Waals surface area contributed by atoms with Gasteiger partial charge in [0.05, 0.1) is 18.7 Å². The van der Waals surface area contributed by atoms with Crippen LogP contribution in [0.5, 0.6) is 5.75 Å². The summed E-state index contributed by atoms with van der Waals surface area (Å²) in [5, 5.41) is 0. The van der Waals surface area contributed by atoms with E-state index in [-0.39, 0.29) is 23.9 Å². The molecule has 5 heteroatoms. The molecule has 2 aliphatic heterocycles. The van der Waals surface area contributed by atoms with E-state index >= 15 is 0 Å². The molecule has 1 aromatic carbocycles. The van der Waals surface area contributed by atoms with Crippen LogP contribution in [-0.4, -0.2) is 53.4 Å². The second kappa shape index (κ2) is 7.30. The number of hydrogen-bond acceptors (Lipinski definition) is 3. The summed E-state index contributed by atoms with van der Waals surface area (Å²) in [6.45, 7) is 9.51.